The van der Waals surface area contributed by atoms with Crippen LogP contribution in [-0.4, -0.2) is 15.9 Å². The summed E-state index contributed by atoms with van der Waals surface area (Å²) in [4.78, 5) is 19.2. The van der Waals surface area contributed by atoms with Crippen molar-refractivity contribution in [2.45, 2.75) is 0 Å². The Bertz CT molecular complexity index is 828. The van der Waals surface area contributed by atoms with Crippen molar-refractivity contribution in [3.63, 3.8) is 0 Å². The van der Waals surface area contributed by atoms with E-state index in [0.29, 0.717) is 21.9 Å². The van der Waals surface area contributed by atoms with Crippen LogP contribution in [0.2, 0.25) is 10.2 Å². The first-order valence-corrected chi connectivity index (χ1v) is 7.49. The van der Waals surface area contributed by atoms with Gasteiger partial charge in [-0.05, 0) is 34.1 Å². The number of hydrogen-bond donors (Lipinski definition) is 2. The van der Waals surface area contributed by atoms with E-state index in [1.165, 1.54) is 6.07 Å². The minimum absolute atomic E-state index is 0.238. The highest BCUT2D eigenvalue weighted by Gasteiger charge is 2.13. The van der Waals surface area contributed by atoms with Gasteiger partial charge in [0.2, 0.25) is 0 Å². The summed E-state index contributed by atoms with van der Waals surface area (Å²) >= 11 is 15.0. The lowest BCUT2D eigenvalue weighted by molar-refractivity contribution is 0.102. The number of carbonyl (C=O) groups excluding carboxylic acids is 1. The third-order valence-corrected chi connectivity index (χ3v) is 4.02. The van der Waals surface area contributed by atoms with E-state index in [0.717, 1.165) is 9.86 Å². The van der Waals surface area contributed by atoms with Gasteiger partial charge in [-0.3, -0.25) is 9.78 Å². The molecular formula is C14H8BrCl2N3O. The average molecular weight is 385 g/mol. The topological polar surface area (TPSA) is 57.8 Å². The van der Waals surface area contributed by atoms with Gasteiger partial charge in [0.15, 0.2) is 0 Å². The maximum absolute atomic E-state index is 12.2. The number of H-pyrrole nitrogens is 1. The predicted octanol–water partition coefficient (Wildman–Crippen LogP) is 4.88. The number of pyridine rings is 1. The van der Waals surface area contributed by atoms with Crippen molar-refractivity contribution in [2.75, 3.05) is 5.32 Å². The Kier molecular flexibility index (Phi) is 3.89. The summed E-state index contributed by atoms with van der Waals surface area (Å²) in [5.41, 5.74) is 1.61. The van der Waals surface area contributed by atoms with Gasteiger partial charge in [-0.1, -0.05) is 35.3 Å². The maximum atomic E-state index is 12.2. The smallest absolute Gasteiger partial charge is 0.272 e. The molecule has 0 unspecified atom stereocenters. The molecule has 2 heterocycles. The van der Waals surface area contributed by atoms with E-state index in [1.807, 2.05) is 18.2 Å². The van der Waals surface area contributed by atoms with Gasteiger partial charge in [-0.25, -0.2) is 0 Å². The largest absolute Gasteiger partial charge is 0.340 e. The molecular weight excluding hydrogens is 377 g/mol. The minimum atomic E-state index is -0.332. The molecule has 1 aromatic carbocycles. The van der Waals surface area contributed by atoms with Gasteiger partial charge in [0, 0.05) is 16.1 Å². The molecule has 0 aliphatic carbocycles. The molecule has 0 atom stereocenters. The molecule has 3 rings (SSSR count). The van der Waals surface area contributed by atoms with Crippen LogP contribution in [0.15, 0.2) is 41.0 Å². The van der Waals surface area contributed by atoms with Crippen LogP contribution in [0.5, 0.6) is 0 Å². The Balaban J connectivity index is 1.96. The summed E-state index contributed by atoms with van der Waals surface area (Å²) in [7, 11) is 0. The highest BCUT2D eigenvalue weighted by Crippen LogP contribution is 2.26. The van der Waals surface area contributed by atoms with Crippen LogP contribution < -0.4 is 5.32 Å². The zero-order valence-electron chi connectivity index (χ0n) is 10.5. The Hall–Kier alpha value is -1.56. The van der Waals surface area contributed by atoms with Crippen LogP contribution >= 0.6 is 39.1 Å². The van der Waals surface area contributed by atoms with Crippen molar-refractivity contribution in [3.8, 4) is 0 Å². The Morgan fingerprint density at radius 1 is 1.29 bits per heavy atom. The van der Waals surface area contributed by atoms with Crippen molar-refractivity contribution in [1.29, 1.82) is 0 Å². The molecule has 2 N–H and O–H groups in total. The van der Waals surface area contributed by atoms with E-state index in [2.05, 4.69) is 31.2 Å². The molecule has 3 aromatic rings. The summed E-state index contributed by atoms with van der Waals surface area (Å²) in [5.74, 6) is -0.332. The second-order valence-corrected chi connectivity index (χ2v) is 6.03. The molecule has 0 saturated heterocycles. The van der Waals surface area contributed by atoms with Gasteiger partial charge in [-0.2, -0.15) is 0 Å². The molecule has 0 aliphatic rings. The second kappa shape index (κ2) is 5.67. The lowest BCUT2D eigenvalue weighted by atomic mass is 10.2. The number of carbonyl (C=O) groups is 1. The molecule has 106 valence electrons. The highest BCUT2D eigenvalue weighted by atomic mass is 79.9. The predicted molar refractivity (Wildman–Crippen MR) is 88.2 cm³/mol. The number of benzene rings is 1. The highest BCUT2D eigenvalue weighted by molar-refractivity contribution is 9.10. The number of halogens is 3. The van der Waals surface area contributed by atoms with Crippen LogP contribution in [0, 0.1) is 0 Å². The zero-order valence-corrected chi connectivity index (χ0v) is 13.6. The number of para-hydroxylation sites is 1. The van der Waals surface area contributed by atoms with Crippen LogP contribution in [0.25, 0.3) is 10.9 Å². The Morgan fingerprint density at radius 3 is 2.81 bits per heavy atom. The van der Waals surface area contributed by atoms with Crippen molar-refractivity contribution in [3.05, 3.63) is 56.9 Å². The molecule has 0 spiro atoms. The van der Waals surface area contributed by atoms with Crippen molar-refractivity contribution < 1.29 is 4.79 Å². The van der Waals surface area contributed by atoms with E-state index in [1.54, 1.807) is 12.3 Å². The van der Waals surface area contributed by atoms with E-state index in [9.17, 15) is 4.79 Å². The summed E-state index contributed by atoms with van der Waals surface area (Å²) in [6, 6.07) is 8.97. The Morgan fingerprint density at radius 2 is 2.10 bits per heavy atom. The number of nitrogens with one attached hydrogen (secondary N) is 2. The maximum Gasteiger partial charge on any atom is 0.272 e. The fraction of sp³-hybridized carbons (Fsp3) is 0. The zero-order chi connectivity index (χ0) is 15.0. The molecule has 0 saturated carbocycles. The number of amides is 1. The summed E-state index contributed by atoms with van der Waals surface area (Å²) < 4.78 is 0.876. The van der Waals surface area contributed by atoms with Gasteiger partial charge in [0.05, 0.1) is 16.2 Å². The number of hydrogen-bond acceptors (Lipinski definition) is 2. The van der Waals surface area contributed by atoms with Crippen LogP contribution in [0.3, 0.4) is 0 Å². The Labute approximate surface area is 138 Å². The number of nitrogens with zero attached hydrogens (tertiary/aromatic N) is 1. The molecule has 0 aliphatic heterocycles. The van der Waals surface area contributed by atoms with Crippen LogP contribution in [0.1, 0.15) is 10.5 Å². The van der Waals surface area contributed by atoms with Crippen molar-refractivity contribution >= 4 is 61.6 Å². The quantitative estimate of drug-likeness (QED) is 0.661. The second-order valence-electron chi connectivity index (χ2n) is 4.33. The van der Waals surface area contributed by atoms with E-state index in [4.69, 9.17) is 23.2 Å². The van der Waals surface area contributed by atoms with Gasteiger partial charge >= 0.3 is 0 Å². The molecule has 0 fully saturated rings. The number of fused-ring (bicyclic) bond motifs is 1. The van der Waals surface area contributed by atoms with E-state index >= 15 is 0 Å². The monoisotopic (exact) mass is 383 g/mol. The molecule has 0 bridgehead atoms. The number of rotatable bonds is 2. The third-order valence-electron chi connectivity index (χ3n) is 2.90. The number of aromatic nitrogens is 2. The van der Waals surface area contributed by atoms with Crippen molar-refractivity contribution in [1.82, 2.24) is 9.97 Å². The summed E-state index contributed by atoms with van der Waals surface area (Å²) in [5, 5.41) is 4.26. The van der Waals surface area contributed by atoms with Gasteiger partial charge in [-0.15, -0.1) is 0 Å². The first kappa shape index (κ1) is 14.4. The fourth-order valence-electron chi connectivity index (χ4n) is 1.95. The van der Waals surface area contributed by atoms with E-state index < -0.39 is 0 Å². The van der Waals surface area contributed by atoms with Gasteiger partial charge < -0.3 is 10.3 Å². The first-order valence-electron chi connectivity index (χ1n) is 5.94. The molecule has 4 nitrogen and oxygen atoms in total. The van der Waals surface area contributed by atoms with E-state index in [-0.39, 0.29) is 11.1 Å². The normalized spacial score (nSPS) is 10.8. The minimum Gasteiger partial charge on any atom is -0.340 e. The number of anilines is 1. The van der Waals surface area contributed by atoms with Gasteiger partial charge in [0.1, 0.15) is 10.8 Å². The third kappa shape index (κ3) is 2.90. The lowest BCUT2D eigenvalue weighted by Crippen LogP contribution is -2.12. The fourth-order valence-corrected chi connectivity index (χ4v) is 2.61. The van der Waals surface area contributed by atoms with Crippen molar-refractivity contribution in [2.24, 2.45) is 0 Å². The molecule has 0 radical (unpaired) electrons. The molecule has 2 aromatic heterocycles. The lowest BCUT2D eigenvalue weighted by Gasteiger charge is -2.07. The number of aromatic amines is 1. The summed E-state index contributed by atoms with van der Waals surface area (Å²) in [6.07, 6.45) is 1.68. The van der Waals surface area contributed by atoms with Crippen LogP contribution in [-0.2, 0) is 0 Å². The average Bonchev–Trinajstić information content (AvgIpc) is 2.79. The van der Waals surface area contributed by atoms with Crippen LogP contribution in [0.4, 0.5) is 5.69 Å². The SMILES string of the molecule is O=C(Nc1cccc2cc(Br)cnc12)c1cc(Cl)c(Cl)[nH]1. The van der Waals surface area contributed by atoms with Gasteiger partial charge in [0.25, 0.3) is 5.91 Å². The molecule has 1 amide bonds. The standard InChI is InChI=1S/C14H8BrCl2N3O/c15-8-4-7-2-1-3-10(12(7)18-6-8)20-14(21)11-5-9(16)13(17)19-11/h1-6,19H,(H,20,21). The molecule has 7 heteroatoms. The first-order chi connectivity index (χ1) is 10.0. The summed E-state index contributed by atoms with van der Waals surface area (Å²) in [6.45, 7) is 0. The molecule has 21 heavy (non-hydrogen) atoms.